The van der Waals surface area contributed by atoms with Crippen molar-refractivity contribution in [3.8, 4) is 0 Å². The Bertz CT molecular complexity index is 393. The van der Waals surface area contributed by atoms with Crippen molar-refractivity contribution in [2.24, 2.45) is 0 Å². The van der Waals surface area contributed by atoms with Crippen molar-refractivity contribution in [1.29, 1.82) is 0 Å². The summed E-state index contributed by atoms with van der Waals surface area (Å²) in [4.78, 5) is 14.7. The molecule has 0 spiro atoms. The quantitative estimate of drug-likeness (QED) is 0.700. The highest BCUT2D eigenvalue weighted by molar-refractivity contribution is 7.84. The molecule has 0 bridgehead atoms. The average Bonchev–Trinajstić information content (AvgIpc) is 2.69. The first-order valence-corrected chi connectivity index (χ1v) is 7.88. The molecule has 1 rings (SSSR count). The molecule has 17 heavy (non-hydrogen) atoms. The van der Waals surface area contributed by atoms with Crippen LogP contribution in [0.3, 0.4) is 0 Å². The summed E-state index contributed by atoms with van der Waals surface area (Å²) in [5.74, 6) is -0.123. The van der Waals surface area contributed by atoms with Gasteiger partial charge in [0.05, 0.1) is 12.1 Å². The Morgan fingerprint density at radius 2 is 2.41 bits per heavy atom. The van der Waals surface area contributed by atoms with E-state index in [1.165, 1.54) is 11.3 Å². The van der Waals surface area contributed by atoms with Crippen LogP contribution in [0.25, 0.3) is 0 Å². The average molecular weight is 276 g/mol. The smallest absolute Gasteiger partial charge is 0.303 e. The molecule has 0 amide bonds. The number of anilines is 1. The molecule has 0 radical (unpaired) electrons. The molecule has 1 aromatic rings. The first-order chi connectivity index (χ1) is 8.08. The molecule has 5 nitrogen and oxygen atoms in total. The van der Waals surface area contributed by atoms with Gasteiger partial charge in [0.15, 0.2) is 5.13 Å². The number of thiazole rings is 1. The second-order valence-corrected chi connectivity index (χ2v) is 6.01. The maximum absolute atomic E-state index is 10.8. The van der Waals surface area contributed by atoms with Crippen LogP contribution in [0, 0.1) is 0 Å². The number of aryl methyl sites for hydroxylation is 1. The minimum absolute atomic E-state index is 0.109. The number of rotatable bonds is 8. The summed E-state index contributed by atoms with van der Waals surface area (Å²) in [5, 5.41) is 14.3. The van der Waals surface area contributed by atoms with Crippen LogP contribution < -0.4 is 5.32 Å². The van der Waals surface area contributed by atoms with E-state index in [0.29, 0.717) is 12.2 Å². The molecule has 0 saturated carbocycles. The van der Waals surface area contributed by atoms with E-state index in [0.717, 1.165) is 23.8 Å². The molecule has 1 atom stereocenters. The summed E-state index contributed by atoms with van der Waals surface area (Å²) in [7, 11) is -0.749. The molecule has 0 fully saturated rings. The monoisotopic (exact) mass is 276 g/mol. The van der Waals surface area contributed by atoms with Crippen molar-refractivity contribution in [3.05, 3.63) is 11.1 Å². The van der Waals surface area contributed by atoms with Crippen LogP contribution >= 0.6 is 11.3 Å². The fourth-order valence-corrected chi connectivity index (χ4v) is 2.53. The van der Waals surface area contributed by atoms with E-state index >= 15 is 0 Å². The van der Waals surface area contributed by atoms with Crippen molar-refractivity contribution in [2.75, 3.05) is 23.9 Å². The lowest BCUT2D eigenvalue weighted by atomic mass is 10.2. The lowest BCUT2D eigenvalue weighted by Crippen LogP contribution is -2.06. The van der Waals surface area contributed by atoms with E-state index in [1.54, 1.807) is 6.26 Å². The van der Waals surface area contributed by atoms with Crippen molar-refractivity contribution in [3.63, 3.8) is 0 Å². The summed E-state index contributed by atoms with van der Waals surface area (Å²) in [6, 6.07) is 0. The zero-order valence-corrected chi connectivity index (χ0v) is 11.3. The second kappa shape index (κ2) is 7.39. The Hall–Kier alpha value is -0.950. The van der Waals surface area contributed by atoms with Gasteiger partial charge in [-0.2, -0.15) is 0 Å². The predicted molar refractivity (Wildman–Crippen MR) is 70.1 cm³/mol. The highest BCUT2D eigenvalue weighted by atomic mass is 32.2. The third kappa shape index (κ3) is 6.38. The van der Waals surface area contributed by atoms with Crippen LogP contribution in [0.5, 0.6) is 0 Å². The molecule has 0 aliphatic rings. The van der Waals surface area contributed by atoms with Gasteiger partial charge in [0, 0.05) is 41.2 Å². The number of nitrogens with zero attached hydrogens (tertiary/aromatic N) is 1. The maximum Gasteiger partial charge on any atom is 0.303 e. The summed E-state index contributed by atoms with van der Waals surface area (Å²) in [5.41, 5.74) is 0.805. The summed E-state index contributed by atoms with van der Waals surface area (Å²) in [6.07, 6.45) is 3.10. The van der Waals surface area contributed by atoms with Crippen LogP contribution in [0.1, 0.15) is 18.5 Å². The number of carboxylic acid groups (broad SMARTS) is 1. The molecule has 7 heteroatoms. The lowest BCUT2D eigenvalue weighted by Gasteiger charge is -2.00. The first-order valence-electron chi connectivity index (χ1n) is 5.28. The zero-order valence-electron chi connectivity index (χ0n) is 9.64. The van der Waals surface area contributed by atoms with E-state index in [-0.39, 0.29) is 6.42 Å². The Morgan fingerprint density at radius 1 is 1.65 bits per heavy atom. The van der Waals surface area contributed by atoms with Crippen molar-refractivity contribution < 1.29 is 14.1 Å². The highest BCUT2D eigenvalue weighted by Crippen LogP contribution is 2.16. The van der Waals surface area contributed by atoms with Gasteiger partial charge in [-0.15, -0.1) is 11.3 Å². The van der Waals surface area contributed by atoms with E-state index in [4.69, 9.17) is 5.11 Å². The summed E-state index contributed by atoms with van der Waals surface area (Å²) < 4.78 is 10.8. The van der Waals surface area contributed by atoms with Gasteiger partial charge < -0.3 is 10.4 Å². The van der Waals surface area contributed by atoms with Gasteiger partial charge in [0.2, 0.25) is 0 Å². The number of aliphatic carboxylic acids is 1. The van der Waals surface area contributed by atoms with Crippen LogP contribution in [-0.4, -0.2) is 38.8 Å². The molecule has 0 aliphatic carbocycles. The molecule has 0 aromatic carbocycles. The van der Waals surface area contributed by atoms with Gasteiger partial charge in [-0.05, 0) is 6.42 Å². The molecule has 2 N–H and O–H groups in total. The fraction of sp³-hybridized carbons (Fsp3) is 0.600. The van der Waals surface area contributed by atoms with Crippen molar-refractivity contribution >= 4 is 33.2 Å². The van der Waals surface area contributed by atoms with Crippen molar-refractivity contribution in [2.45, 2.75) is 19.3 Å². The van der Waals surface area contributed by atoms with E-state index in [2.05, 4.69) is 10.3 Å². The summed E-state index contributed by atoms with van der Waals surface area (Å²) >= 11 is 1.47. The minimum Gasteiger partial charge on any atom is -0.481 e. The molecule has 0 saturated heterocycles. The van der Waals surface area contributed by atoms with E-state index < -0.39 is 16.8 Å². The lowest BCUT2D eigenvalue weighted by molar-refractivity contribution is -0.136. The van der Waals surface area contributed by atoms with Crippen molar-refractivity contribution in [1.82, 2.24) is 4.98 Å². The molecule has 1 aromatic heterocycles. The number of hydrogen-bond donors (Lipinski definition) is 2. The van der Waals surface area contributed by atoms with Crippen LogP contribution in [0.2, 0.25) is 0 Å². The molecule has 1 heterocycles. The molecular weight excluding hydrogens is 260 g/mol. The molecule has 0 aliphatic heterocycles. The van der Waals surface area contributed by atoms with Gasteiger partial charge >= 0.3 is 5.97 Å². The van der Waals surface area contributed by atoms with Crippen LogP contribution in [0.15, 0.2) is 5.38 Å². The fourth-order valence-electron chi connectivity index (χ4n) is 1.21. The predicted octanol–water partition coefficient (Wildman–Crippen LogP) is 1.34. The zero-order chi connectivity index (χ0) is 12.7. The largest absolute Gasteiger partial charge is 0.481 e. The van der Waals surface area contributed by atoms with Gasteiger partial charge in [-0.1, -0.05) is 0 Å². The summed E-state index contributed by atoms with van der Waals surface area (Å²) in [6.45, 7) is 0.742. The number of nitrogens with one attached hydrogen (secondary N) is 1. The number of carbonyl (C=O) groups is 1. The van der Waals surface area contributed by atoms with E-state index in [9.17, 15) is 9.00 Å². The van der Waals surface area contributed by atoms with Gasteiger partial charge in [0.1, 0.15) is 0 Å². The number of hydrogen-bond acceptors (Lipinski definition) is 5. The third-order valence-corrected chi connectivity index (χ3v) is 3.74. The highest BCUT2D eigenvalue weighted by Gasteiger charge is 2.04. The second-order valence-electron chi connectivity index (χ2n) is 3.60. The SMILES string of the molecule is CS(=O)CCCNc1nc(CCC(=O)O)cs1. The Kier molecular flexibility index (Phi) is 6.13. The van der Waals surface area contributed by atoms with E-state index in [1.807, 2.05) is 5.38 Å². The van der Waals surface area contributed by atoms with Crippen LogP contribution in [-0.2, 0) is 22.0 Å². The topological polar surface area (TPSA) is 79.3 Å². The first kappa shape index (κ1) is 14.1. The van der Waals surface area contributed by atoms with Crippen LogP contribution in [0.4, 0.5) is 5.13 Å². The van der Waals surface area contributed by atoms with Gasteiger partial charge in [-0.25, -0.2) is 4.98 Å². The Balaban J connectivity index is 2.25. The Labute approximate surface area is 107 Å². The molecule has 1 unspecified atom stereocenters. The Morgan fingerprint density at radius 3 is 3.06 bits per heavy atom. The molecule has 96 valence electrons. The van der Waals surface area contributed by atoms with Gasteiger partial charge in [-0.3, -0.25) is 9.00 Å². The molecular formula is C10H16N2O3S2. The minimum atomic E-state index is -0.807. The third-order valence-electron chi connectivity index (χ3n) is 2.03. The maximum atomic E-state index is 10.8. The normalized spacial score (nSPS) is 12.3. The number of carboxylic acids is 1. The number of aromatic nitrogens is 1. The standard InChI is InChI=1S/C10H16N2O3S2/c1-17(15)6-2-5-11-10-12-8(7-16-10)3-4-9(13)14/h7H,2-6H2,1H3,(H,11,12)(H,13,14). The van der Waals surface area contributed by atoms with Gasteiger partial charge in [0.25, 0.3) is 0 Å².